The number of hydrogen-bond donors (Lipinski definition) is 9. The number of aromatic amines is 1. The molecule has 14 heteroatoms. The molecule has 4 atom stereocenters. The van der Waals surface area contributed by atoms with Crippen LogP contribution in [-0.4, -0.2) is 80.7 Å². The number of benzene rings is 2. The fraction of sp³-hybridized carbons (Fsp3) is 0.367. The van der Waals surface area contributed by atoms with Gasteiger partial charge in [-0.15, -0.1) is 0 Å². The molecular weight excluding hydrogens is 572 g/mol. The lowest BCUT2D eigenvalue weighted by Gasteiger charge is -2.25. The van der Waals surface area contributed by atoms with Crippen molar-refractivity contribution in [2.24, 2.45) is 11.5 Å². The number of phenolic OH excluding ortho intramolecular Hbond substituents is 1. The SMILES string of the molecule is NCCCCC(NC(=O)C(N)CC(=O)O)C(=O)NC(Cc1ccc(O)cc1)C(=O)NC(Cc1c[nH]c2ccccc12)C(=O)O. The number of carbonyl (C=O) groups excluding carboxylic acids is 3. The van der Waals surface area contributed by atoms with E-state index in [4.69, 9.17) is 16.6 Å². The molecule has 0 radical (unpaired) electrons. The van der Waals surface area contributed by atoms with Crippen molar-refractivity contribution in [3.8, 4) is 5.75 Å². The van der Waals surface area contributed by atoms with E-state index < -0.39 is 60.2 Å². The molecule has 3 aromatic rings. The third-order valence-electron chi connectivity index (χ3n) is 7.03. The highest BCUT2D eigenvalue weighted by Crippen LogP contribution is 2.19. The Bertz CT molecular complexity index is 1460. The lowest BCUT2D eigenvalue weighted by Crippen LogP contribution is -2.58. The minimum Gasteiger partial charge on any atom is -0.508 e. The highest BCUT2D eigenvalue weighted by Gasteiger charge is 2.31. The molecule has 0 aliphatic rings. The molecular formula is C30H38N6O8. The zero-order valence-electron chi connectivity index (χ0n) is 24.0. The molecule has 236 valence electrons. The molecule has 4 unspecified atom stereocenters. The smallest absolute Gasteiger partial charge is 0.326 e. The van der Waals surface area contributed by atoms with Gasteiger partial charge in [0.05, 0.1) is 12.5 Å². The first-order chi connectivity index (χ1) is 21.0. The van der Waals surface area contributed by atoms with Crippen LogP contribution in [0.1, 0.15) is 36.8 Å². The number of phenols is 1. The molecule has 1 heterocycles. The molecule has 0 saturated heterocycles. The number of amides is 3. The van der Waals surface area contributed by atoms with Crippen LogP contribution in [0, 0.1) is 0 Å². The summed E-state index contributed by atoms with van der Waals surface area (Å²) in [6, 6.07) is 8.03. The van der Waals surface area contributed by atoms with Crippen LogP contribution in [0.3, 0.4) is 0 Å². The van der Waals surface area contributed by atoms with Gasteiger partial charge < -0.3 is 47.7 Å². The molecule has 0 fully saturated rings. The molecule has 3 amide bonds. The first-order valence-electron chi connectivity index (χ1n) is 14.1. The molecule has 14 nitrogen and oxygen atoms in total. The van der Waals surface area contributed by atoms with Crippen LogP contribution in [0.4, 0.5) is 0 Å². The van der Waals surface area contributed by atoms with Gasteiger partial charge in [-0.3, -0.25) is 19.2 Å². The molecule has 0 bridgehead atoms. The number of carbonyl (C=O) groups is 5. The summed E-state index contributed by atoms with van der Waals surface area (Å²) in [6.45, 7) is 0.333. The monoisotopic (exact) mass is 610 g/mol. The number of aromatic hydroxyl groups is 1. The molecule has 1 aromatic heterocycles. The Labute approximate surface area is 253 Å². The van der Waals surface area contributed by atoms with E-state index >= 15 is 0 Å². The Morgan fingerprint density at radius 2 is 1.43 bits per heavy atom. The summed E-state index contributed by atoms with van der Waals surface area (Å²) in [5, 5.41) is 37.0. The minimum absolute atomic E-state index is 0.0103. The molecule has 0 saturated carbocycles. The Morgan fingerprint density at radius 1 is 0.795 bits per heavy atom. The number of rotatable bonds is 17. The van der Waals surface area contributed by atoms with Crippen molar-refractivity contribution in [1.29, 1.82) is 0 Å². The van der Waals surface area contributed by atoms with E-state index in [0.717, 1.165) is 10.9 Å². The fourth-order valence-electron chi connectivity index (χ4n) is 4.66. The van der Waals surface area contributed by atoms with E-state index in [1.54, 1.807) is 18.3 Å². The number of fused-ring (bicyclic) bond motifs is 1. The van der Waals surface area contributed by atoms with E-state index in [2.05, 4.69) is 20.9 Å². The second-order valence-electron chi connectivity index (χ2n) is 10.4. The van der Waals surface area contributed by atoms with Crippen molar-refractivity contribution in [3.05, 3.63) is 65.9 Å². The van der Waals surface area contributed by atoms with Crippen molar-refractivity contribution < 1.29 is 39.3 Å². The first-order valence-corrected chi connectivity index (χ1v) is 14.1. The summed E-state index contributed by atoms with van der Waals surface area (Å²) in [7, 11) is 0. The van der Waals surface area contributed by atoms with Crippen LogP contribution in [0.5, 0.6) is 5.75 Å². The van der Waals surface area contributed by atoms with Gasteiger partial charge in [0.25, 0.3) is 0 Å². The van der Waals surface area contributed by atoms with Gasteiger partial charge in [-0.1, -0.05) is 30.3 Å². The summed E-state index contributed by atoms with van der Waals surface area (Å²) >= 11 is 0. The quantitative estimate of drug-likeness (QED) is 0.0934. The number of nitrogens with one attached hydrogen (secondary N) is 4. The zero-order chi connectivity index (χ0) is 32.2. The van der Waals surface area contributed by atoms with Crippen LogP contribution in [-0.2, 0) is 36.8 Å². The Hall–Kier alpha value is -4.95. The van der Waals surface area contributed by atoms with Gasteiger partial charge in [0.1, 0.15) is 23.9 Å². The maximum atomic E-state index is 13.6. The van der Waals surface area contributed by atoms with Crippen LogP contribution >= 0.6 is 0 Å². The van der Waals surface area contributed by atoms with E-state index in [1.165, 1.54) is 12.1 Å². The molecule has 11 N–H and O–H groups in total. The van der Waals surface area contributed by atoms with E-state index in [9.17, 15) is 34.2 Å². The van der Waals surface area contributed by atoms with Crippen LogP contribution in [0.15, 0.2) is 54.7 Å². The molecule has 44 heavy (non-hydrogen) atoms. The Kier molecular flexibility index (Phi) is 12.2. The van der Waals surface area contributed by atoms with Gasteiger partial charge in [-0.2, -0.15) is 0 Å². The molecule has 0 aliphatic carbocycles. The van der Waals surface area contributed by atoms with Crippen LogP contribution in [0.2, 0.25) is 0 Å². The second-order valence-corrected chi connectivity index (χ2v) is 10.4. The van der Waals surface area contributed by atoms with Gasteiger partial charge >= 0.3 is 11.9 Å². The van der Waals surface area contributed by atoms with Gasteiger partial charge in [0.2, 0.25) is 17.7 Å². The number of hydrogen-bond acceptors (Lipinski definition) is 8. The summed E-state index contributed by atoms with van der Waals surface area (Å²) in [6.07, 6.45) is 2.01. The topological polar surface area (TPSA) is 250 Å². The van der Waals surface area contributed by atoms with Crippen molar-refractivity contribution in [2.75, 3.05) is 6.54 Å². The second kappa shape index (κ2) is 16.0. The van der Waals surface area contributed by atoms with Gasteiger partial charge in [0, 0.05) is 29.9 Å². The number of carboxylic acid groups (broad SMARTS) is 2. The number of nitrogens with two attached hydrogens (primary N) is 2. The Morgan fingerprint density at radius 3 is 2.09 bits per heavy atom. The first kappa shape index (κ1) is 33.6. The lowest BCUT2D eigenvalue weighted by molar-refractivity contribution is -0.142. The largest absolute Gasteiger partial charge is 0.508 e. The third kappa shape index (κ3) is 9.81. The number of para-hydroxylation sites is 1. The number of unbranched alkanes of at least 4 members (excludes halogenated alkanes) is 1. The van der Waals surface area contributed by atoms with Gasteiger partial charge in [-0.05, 0) is 55.1 Å². The van der Waals surface area contributed by atoms with Crippen molar-refractivity contribution >= 4 is 40.6 Å². The maximum Gasteiger partial charge on any atom is 0.326 e. The highest BCUT2D eigenvalue weighted by molar-refractivity contribution is 5.95. The van der Waals surface area contributed by atoms with Gasteiger partial charge in [-0.25, -0.2) is 4.79 Å². The van der Waals surface area contributed by atoms with E-state index in [-0.39, 0.29) is 25.0 Å². The molecule has 2 aromatic carbocycles. The number of carboxylic acids is 2. The van der Waals surface area contributed by atoms with Gasteiger partial charge in [0.15, 0.2) is 0 Å². The fourth-order valence-corrected chi connectivity index (χ4v) is 4.66. The van der Waals surface area contributed by atoms with E-state index in [0.29, 0.717) is 30.5 Å². The summed E-state index contributed by atoms with van der Waals surface area (Å²) in [5.41, 5.74) is 13.3. The molecule has 0 spiro atoms. The van der Waals surface area contributed by atoms with Crippen molar-refractivity contribution in [2.45, 2.75) is 62.7 Å². The summed E-state index contributed by atoms with van der Waals surface area (Å²) in [4.78, 5) is 65.8. The van der Waals surface area contributed by atoms with Crippen LogP contribution < -0.4 is 27.4 Å². The number of aliphatic carboxylic acids is 2. The minimum atomic E-state index is -1.41. The standard InChI is InChI=1S/C30H38N6O8/c31-12-4-3-7-23(34-27(40)21(32)15-26(38)39)28(41)35-24(13-17-8-10-19(37)11-9-17)29(42)36-25(30(43)44)14-18-16-33-22-6-2-1-5-20(18)22/h1-2,5-6,8-11,16,21,23-25,33,37H,3-4,7,12-15,31-32H2,(H,34,40)(H,35,41)(H,36,42)(H,38,39)(H,43,44). The summed E-state index contributed by atoms with van der Waals surface area (Å²) < 4.78 is 0. The summed E-state index contributed by atoms with van der Waals surface area (Å²) in [5.74, 6) is -4.97. The maximum absolute atomic E-state index is 13.6. The van der Waals surface area contributed by atoms with Crippen LogP contribution in [0.25, 0.3) is 10.9 Å². The third-order valence-corrected chi connectivity index (χ3v) is 7.03. The average Bonchev–Trinajstić information content (AvgIpc) is 3.39. The molecule has 3 rings (SSSR count). The average molecular weight is 611 g/mol. The normalized spacial score (nSPS) is 13.8. The van der Waals surface area contributed by atoms with Crippen molar-refractivity contribution in [3.63, 3.8) is 0 Å². The lowest BCUT2D eigenvalue weighted by atomic mass is 10.0. The van der Waals surface area contributed by atoms with Crippen molar-refractivity contribution in [1.82, 2.24) is 20.9 Å². The predicted octanol–water partition coefficient (Wildman–Crippen LogP) is 0.129. The number of H-pyrrole nitrogens is 1. The zero-order valence-corrected chi connectivity index (χ0v) is 24.0. The van der Waals surface area contributed by atoms with E-state index in [1.807, 2.05) is 24.3 Å². The molecule has 0 aliphatic heterocycles. The predicted molar refractivity (Wildman–Crippen MR) is 160 cm³/mol. The Balaban J connectivity index is 1.82. The number of aromatic nitrogens is 1. The highest BCUT2D eigenvalue weighted by atomic mass is 16.4.